The lowest BCUT2D eigenvalue weighted by atomic mass is 9.87. The minimum absolute atomic E-state index is 0.0226. The van der Waals surface area contributed by atoms with Gasteiger partial charge in [-0.25, -0.2) is 13.1 Å². The van der Waals surface area contributed by atoms with Crippen LogP contribution < -0.4 is 10.5 Å². The SMILES string of the molecule is CCCCCC(C)(C)CNS(=O)(=O)c1cc(C)c(CN)s1. The fourth-order valence-electron chi connectivity index (χ4n) is 2.13. The van der Waals surface area contributed by atoms with E-state index < -0.39 is 10.0 Å². The highest BCUT2D eigenvalue weighted by molar-refractivity contribution is 7.91. The summed E-state index contributed by atoms with van der Waals surface area (Å²) in [6, 6.07) is 1.71. The molecule has 122 valence electrons. The number of nitrogens with one attached hydrogen (secondary N) is 1. The van der Waals surface area contributed by atoms with Gasteiger partial charge in [-0.3, -0.25) is 0 Å². The lowest BCUT2D eigenvalue weighted by molar-refractivity contribution is 0.320. The zero-order valence-electron chi connectivity index (χ0n) is 13.5. The molecule has 0 aromatic carbocycles. The molecule has 3 N–H and O–H groups in total. The van der Waals surface area contributed by atoms with E-state index >= 15 is 0 Å². The summed E-state index contributed by atoms with van der Waals surface area (Å²) in [7, 11) is -3.42. The standard InChI is InChI=1S/C15H28N2O2S2/c1-5-6-7-8-15(3,4)11-17-21(18,19)14-9-12(2)13(10-16)20-14/h9,17H,5-8,10-11,16H2,1-4H3. The smallest absolute Gasteiger partial charge is 0.250 e. The summed E-state index contributed by atoms with van der Waals surface area (Å²) >= 11 is 1.26. The molecule has 0 aliphatic heterocycles. The maximum atomic E-state index is 12.3. The van der Waals surface area contributed by atoms with Crippen LogP contribution in [0.2, 0.25) is 0 Å². The van der Waals surface area contributed by atoms with Gasteiger partial charge in [0.15, 0.2) is 0 Å². The van der Waals surface area contributed by atoms with Gasteiger partial charge >= 0.3 is 0 Å². The predicted molar refractivity (Wildman–Crippen MR) is 90.1 cm³/mol. The Morgan fingerprint density at radius 1 is 1.33 bits per heavy atom. The Bertz CT molecular complexity index is 548. The Kier molecular flexibility index (Phi) is 6.84. The van der Waals surface area contributed by atoms with Crippen molar-refractivity contribution in [2.24, 2.45) is 11.1 Å². The van der Waals surface area contributed by atoms with Crippen LogP contribution in [0.1, 0.15) is 56.9 Å². The van der Waals surface area contributed by atoms with Gasteiger partial charge in [0.25, 0.3) is 0 Å². The van der Waals surface area contributed by atoms with Gasteiger partial charge in [-0.1, -0.05) is 40.0 Å². The normalized spacial score (nSPS) is 12.8. The molecule has 0 saturated carbocycles. The molecule has 0 unspecified atom stereocenters. The van der Waals surface area contributed by atoms with E-state index in [9.17, 15) is 8.42 Å². The number of thiophene rings is 1. The van der Waals surface area contributed by atoms with Gasteiger partial charge in [0.05, 0.1) is 0 Å². The van der Waals surface area contributed by atoms with Crippen LogP contribution in [0.3, 0.4) is 0 Å². The molecule has 0 bridgehead atoms. The summed E-state index contributed by atoms with van der Waals surface area (Å²) < 4.78 is 27.8. The second-order valence-electron chi connectivity index (χ2n) is 6.32. The van der Waals surface area contributed by atoms with Gasteiger partial charge in [-0.15, -0.1) is 11.3 Å². The zero-order valence-corrected chi connectivity index (χ0v) is 15.2. The summed E-state index contributed by atoms with van der Waals surface area (Å²) in [5.41, 5.74) is 6.54. The second-order valence-corrected chi connectivity index (χ2v) is 9.45. The van der Waals surface area contributed by atoms with E-state index in [4.69, 9.17) is 5.73 Å². The van der Waals surface area contributed by atoms with Crippen LogP contribution in [0, 0.1) is 12.3 Å². The van der Waals surface area contributed by atoms with Gasteiger partial charge < -0.3 is 5.73 Å². The average molecular weight is 333 g/mol. The van der Waals surface area contributed by atoms with Crippen LogP contribution in [0.4, 0.5) is 0 Å². The van der Waals surface area contributed by atoms with Gasteiger partial charge in [0.1, 0.15) is 4.21 Å². The Morgan fingerprint density at radius 2 is 2.00 bits per heavy atom. The third kappa shape index (κ3) is 5.70. The fourth-order valence-corrected chi connectivity index (χ4v) is 4.88. The molecule has 0 radical (unpaired) electrons. The second kappa shape index (κ2) is 7.72. The lowest BCUT2D eigenvalue weighted by Gasteiger charge is -2.24. The van der Waals surface area contributed by atoms with E-state index in [0.717, 1.165) is 23.3 Å². The van der Waals surface area contributed by atoms with Gasteiger partial charge in [0, 0.05) is 18.0 Å². The number of hydrogen-bond acceptors (Lipinski definition) is 4. The lowest BCUT2D eigenvalue weighted by Crippen LogP contribution is -2.33. The highest BCUT2D eigenvalue weighted by Gasteiger charge is 2.23. The molecule has 0 atom stereocenters. The predicted octanol–water partition coefficient (Wildman–Crippen LogP) is 3.40. The zero-order chi connectivity index (χ0) is 16.1. The minimum Gasteiger partial charge on any atom is -0.326 e. The molecule has 0 aliphatic rings. The molecule has 1 heterocycles. The van der Waals surface area contributed by atoms with E-state index in [1.807, 2.05) is 6.92 Å². The van der Waals surface area contributed by atoms with Crippen LogP contribution in [-0.4, -0.2) is 15.0 Å². The van der Waals surface area contributed by atoms with Crippen molar-refractivity contribution in [2.45, 2.75) is 64.1 Å². The summed E-state index contributed by atoms with van der Waals surface area (Å²) in [5.74, 6) is 0. The first kappa shape index (κ1) is 18.6. The Balaban J connectivity index is 2.67. The van der Waals surface area contributed by atoms with Crippen LogP contribution in [0.5, 0.6) is 0 Å². The number of unbranched alkanes of at least 4 members (excludes halogenated alkanes) is 2. The number of sulfonamides is 1. The topological polar surface area (TPSA) is 72.2 Å². The van der Waals surface area contributed by atoms with Crippen LogP contribution in [0.25, 0.3) is 0 Å². The molecular formula is C15H28N2O2S2. The highest BCUT2D eigenvalue weighted by atomic mass is 32.2. The monoisotopic (exact) mass is 332 g/mol. The summed E-state index contributed by atoms with van der Waals surface area (Å²) in [5, 5.41) is 0. The van der Waals surface area contributed by atoms with E-state index in [0.29, 0.717) is 17.3 Å². The fraction of sp³-hybridized carbons (Fsp3) is 0.733. The molecular weight excluding hydrogens is 304 g/mol. The van der Waals surface area contributed by atoms with Gasteiger partial charge in [-0.2, -0.15) is 0 Å². The molecule has 21 heavy (non-hydrogen) atoms. The number of rotatable bonds is 9. The van der Waals surface area contributed by atoms with Gasteiger partial charge in [-0.05, 0) is 30.4 Å². The first-order chi connectivity index (χ1) is 9.72. The Labute approximate surface area is 133 Å². The van der Waals surface area contributed by atoms with Crippen molar-refractivity contribution < 1.29 is 8.42 Å². The third-order valence-electron chi connectivity index (χ3n) is 3.65. The maximum Gasteiger partial charge on any atom is 0.250 e. The number of hydrogen-bond donors (Lipinski definition) is 2. The summed E-state index contributed by atoms with van der Waals surface area (Å²) in [4.78, 5) is 0.928. The third-order valence-corrected chi connectivity index (χ3v) is 6.78. The minimum atomic E-state index is -3.42. The van der Waals surface area contributed by atoms with Crippen LogP contribution >= 0.6 is 11.3 Å². The van der Waals surface area contributed by atoms with Crippen molar-refractivity contribution in [1.29, 1.82) is 0 Å². The van der Waals surface area contributed by atoms with Gasteiger partial charge in [0.2, 0.25) is 10.0 Å². The molecule has 1 aromatic rings. The molecule has 0 fully saturated rings. The van der Waals surface area contributed by atoms with Crippen molar-refractivity contribution >= 4 is 21.4 Å². The van der Waals surface area contributed by atoms with Crippen LogP contribution in [0.15, 0.2) is 10.3 Å². The largest absolute Gasteiger partial charge is 0.326 e. The van der Waals surface area contributed by atoms with E-state index in [1.165, 1.54) is 24.2 Å². The van der Waals surface area contributed by atoms with Crippen molar-refractivity contribution in [3.8, 4) is 0 Å². The Hall–Kier alpha value is -0.430. The molecule has 1 aromatic heterocycles. The van der Waals surface area contributed by atoms with Crippen molar-refractivity contribution in [3.05, 3.63) is 16.5 Å². The van der Waals surface area contributed by atoms with Crippen molar-refractivity contribution in [3.63, 3.8) is 0 Å². The maximum absolute atomic E-state index is 12.3. The summed E-state index contributed by atoms with van der Waals surface area (Å²) in [6.07, 6.45) is 4.54. The molecule has 4 nitrogen and oxygen atoms in total. The van der Waals surface area contributed by atoms with Crippen LogP contribution in [-0.2, 0) is 16.6 Å². The first-order valence-corrected chi connectivity index (χ1v) is 9.81. The first-order valence-electron chi connectivity index (χ1n) is 7.51. The average Bonchev–Trinajstić information content (AvgIpc) is 2.79. The summed E-state index contributed by atoms with van der Waals surface area (Å²) in [6.45, 7) is 9.13. The van der Waals surface area contributed by atoms with E-state index in [2.05, 4.69) is 25.5 Å². The van der Waals surface area contributed by atoms with E-state index in [1.54, 1.807) is 6.07 Å². The molecule has 0 spiro atoms. The number of nitrogens with two attached hydrogens (primary N) is 1. The van der Waals surface area contributed by atoms with Crippen molar-refractivity contribution in [2.75, 3.05) is 6.54 Å². The van der Waals surface area contributed by atoms with E-state index in [-0.39, 0.29) is 5.41 Å². The van der Waals surface area contributed by atoms with Crippen molar-refractivity contribution in [1.82, 2.24) is 4.72 Å². The molecule has 1 rings (SSSR count). The molecule has 0 amide bonds. The Morgan fingerprint density at radius 3 is 2.52 bits per heavy atom. The number of aryl methyl sites for hydroxylation is 1. The molecule has 0 saturated heterocycles. The molecule has 0 aliphatic carbocycles. The quantitative estimate of drug-likeness (QED) is 0.681. The highest BCUT2D eigenvalue weighted by Crippen LogP contribution is 2.27. The molecule has 6 heteroatoms.